The van der Waals surface area contributed by atoms with Crippen LogP contribution in [0.15, 0.2) is 33.6 Å². The highest BCUT2D eigenvalue weighted by molar-refractivity contribution is 7.90. The van der Waals surface area contributed by atoms with E-state index < -0.39 is 10.0 Å². The Balaban J connectivity index is 1.27. The molecule has 2 aromatic rings. The number of nitrogens with two attached hydrogens (primary N) is 1. The molecule has 2 aliphatic heterocycles. The Morgan fingerprint density at radius 3 is 2.81 bits per heavy atom. The first-order valence-corrected chi connectivity index (χ1v) is 11.5. The van der Waals surface area contributed by atoms with Crippen LogP contribution in [-0.4, -0.2) is 54.9 Å². The minimum atomic E-state index is -3.64. The summed E-state index contributed by atoms with van der Waals surface area (Å²) >= 11 is 0. The lowest BCUT2D eigenvalue weighted by molar-refractivity contribution is -0.126. The van der Waals surface area contributed by atoms with Crippen molar-refractivity contribution in [2.24, 2.45) is 10.3 Å². The summed E-state index contributed by atoms with van der Waals surface area (Å²) in [6.45, 7) is 1.63. The summed E-state index contributed by atoms with van der Waals surface area (Å²) in [5.41, 5.74) is 7.28. The molecule has 11 heteroatoms. The Kier molecular flexibility index (Phi) is 5.65. The number of nitriles is 1. The van der Waals surface area contributed by atoms with Crippen molar-refractivity contribution in [1.29, 1.82) is 5.26 Å². The molecule has 162 valence electrons. The molecule has 4 rings (SSSR count). The fourth-order valence-electron chi connectivity index (χ4n) is 3.99. The smallest absolute Gasteiger partial charge is 0.285 e. The lowest BCUT2D eigenvalue weighted by atomic mass is 9.95. The van der Waals surface area contributed by atoms with E-state index in [0.717, 1.165) is 0 Å². The van der Waals surface area contributed by atoms with Gasteiger partial charge in [-0.3, -0.25) is 9.89 Å². The van der Waals surface area contributed by atoms with Gasteiger partial charge in [0.15, 0.2) is 11.7 Å². The van der Waals surface area contributed by atoms with Crippen molar-refractivity contribution < 1.29 is 13.2 Å². The van der Waals surface area contributed by atoms with Gasteiger partial charge in [0, 0.05) is 31.1 Å². The molecule has 3 heterocycles. The van der Waals surface area contributed by atoms with Crippen LogP contribution in [0.25, 0.3) is 0 Å². The highest BCUT2D eigenvalue weighted by atomic mass is 32.2. The first-order valence-electron chi connectivity index (χ1n) is 10.1. The van der Waals surface area contributed by atoms with Crippen molar-refractivity contribution in [3.63, 3.8) is 0 Å². The third-order valence-electron chi connectivity index (χ3n) is 5.66. The van der Waals surface area contributed by atoms with Crippen molar-refractivity contribution in [2.45, 2.75) is 30.6 Å². The molecular weight excluding hydrogens is 418 g/mol. The Bertz CT molecular complexity index is 1170. The topological polar surface area (TPSA) is 157 Å². The number of aromatic amines is 1. The van der Waals surface area contributed by atoms with E-state index >= 15 is 0 Å². The number of carbonyl (C=O) groups is 1. The summed E-state index contributed by atoms with van der Waals surface area (Å²) in [6, 6.07) is 8.85. The fourth-order valence-corrected chi connectivity index (χ4v) is 5.22. The summed E-state index contributed by atoms with van der Waals surface area (Å²) in [7, 11) is -3.64. The van der Waals surface area contributed by atoms with Gasteiger partial charge < -0.3 is 16.0 Å². The molecule has 2 aliphatic rings. The number of carbonyl (C=O) groups excluding carboxylic acids is 1. The predicted molar refractivity (Wildman–Crippen MR) is 114 cm³/mol. The molecule has 0 spiro atoms. The van der Waals surface area contributed by atoms with E-state index in [1.165, 1.54) is 0 Å². The number of piperidine rings is 1. The summed E-state index contributed by atoms with van der Waals surface area (Å²) in [5, 5.41) is 18.6. The molecule has 0 unspecified atom stereocenters. The van der Waals surface area contributed by atoms with Gasteiger partial charge in [-0.2, -0.15) is 18.8 Å². The van der Waals surface area contributed by atoms with E-state index in [1.54, 1.807) is 24.3 Å². The normalized spacial score (nSPS) is 17.6. The molecule has 1 amide bonds. The number of nitrogen functional groups attached to an aromatic ring is 1. The number of amidine groups is 1. The minimum absolute atomic E-state index is 0.00864. The quantitative estimate of drug-likeness (QED) is 0.578. The van der Waals surface area contributed by atoms with Gasteiger partial charge >= 0.3 is 0 Å². The van der Waals surface area contributed by atoms with Crippen LogP contribution < -0.4 is 11.1 Å². The van der Waals surface area contributed by atoms with Crippen LogP contribution in [0.5, 0.6) is 0 Å². The standard InChI is InChI=1S/C20H23N7O3S/c21-12-15-16(24-25-18(15)22)5-3-9-23-20(28)13-7-10-27(11-8-13)19-14-4-1-2-6-17(14)31(29,30)26-19/h1-2,4,6,13H,3,5,7-11H2,(H,23,28)(H3,22,24,25). The zero-order valence-corrected chi connectivity index (χ0v) is 17.7. The van der Waals surface area contributed by atoms with Crippen molar-refractivity contribution in [2.75, 3.05) is 25.4 Å². The lowest BCUT2D eigenvalue weighted by Crippen LogP contribution is -2.43. The molecule has 1 aromatic heterocycles. The molecule has 0 bridgehead atoms. The Hall–Kier alpha value is -3.39. The Morgan fingerprint density at radius 2 is 2.06 bits per heavy atom. The SMILES string of the molecule is N#Cc1c(N)n[nH]c1CCCNC(=O)C1CCN(C2=NS(=O)(=O)c3ccccc32)CC1. The van der Waals surface area contributed by atoms with Crippen LogP contribution >= 0.6 is 0 Å². The monoisotopic (exact) mass is 441 g/mol. The van der Waals surface area contributed by atoms with Crippen LogP contribution in [0.2, 0.25) is 0 Å². The molecule has 1 aromatic carbocycles. The molecule has 0 saturated carbocycles. The Morgan fingerprint density at radius 1 is 1.32 bits per heavy atom. The molecule has 31 heavy (non-hydrogen) atoms. The lowest BCUT2D eigenvalue weighted by Gasteiger charge is -2.32. The number of nitrogens with zero attached hydrogens (tertiary/aromatic N) is 4. The number of hydrogen-bond donors (Lipinski definition) is 3. The van der Waals surface area contributed by atoms with Crippen LogP contribution in [-0.2, 0) is 21.2 Å². The number of benzene rings is 1. The number of rotatable bonds is 5. The van der Waals surface area contributed by atoms with Gasteiger partial charge in [0.05, 0.1) is 5.69 Å². The predicted octanol–water partition coefficient (Wildman–Crippen LogP) is 0.773. The van der Waals surface area contributed by atoms with Crippen molar-refractivity contribution >= 4 is 27.6 Å². The van der Waals surface area contributed by atoms with E-state index in [-0.39, 0.29) is 22.5 Å². The maximum atomic E-state index is 12.5. The van der Waals surface area contributed by atoms with Gasteiger partial charge in [0.1, 0.15) is 16.5 Å². The van der Waals surface area contributed by atoms with Gasteiger partial charge in [-0.1, -0.05) is 12.1 Å². The van der Waals surface area contributed by atoms with Gasteiger partial charge in [-0.05, 0) is 37.8 Å². The van der Waals surface area contributed by atoms with Crippen LogP contribution in [0.3, 0.4) is 0 Å². The minimum Gasteiger partial charge on any atom is -0.381 e. The van der Waals surface area contributed by atoms with Gasteiger partial charge in [-0.15, -0.1) is 4.40 Å². The van der Waals surface area contributed by atoms with Crippen LogP contribution in [0, 0.1) is 17.2 Å². The Labute approximate surface area is 180 Å². The van der Waals surface area contributed by atoms with E-state index in [9.17, 15) is 13.2 Å². The van der Waals surface area contributed by atoms with Crippen molar-refractivity contribution in [3.8, 4) is 6.07 Å². The van der Waals surface area contributed by atoms with E-state index in [4.69, 9.17) is 11.0 Å². The molecule has 0 aliphatic carbocycles. The number of aromatic nitrogens is 2. The highest BCUT2D eigenvalue weighted by Gasteiger charge is 2.34. The average molecular weight is 442 g/mol. The second-order valence-electron chi connectivity index (χ2n) is 7.62. The van der Waals surface area contributed by atoms with E-state index in [2.05, 4.69) is 19.9 Å². The summed E-state index contributed by atoms with van der Waals surface area (Å²) in [6.07, 6.45) is 2.48. The largest absolute Gasteiger partial charge is 0.381 e. The van der Waals surface area contributed by atoms with Gasteiger partial charge in [0.25, 0.3) is 10.0 Å². The number of amides is 1. The molecule has 1 saturated heterocycles. The van der Waals surface area contributed by atoms with Crippen LogP contribution in [0.4, 0.5) is 5.82 Å². The van der Waals surface area contributed by atoms with Crippen LogP contribution in [0.1, 0.15) is 36.1 Å². The number of aryl methyl sites for hydroxylation is 1. The summed E-state index contributed by atoms with van der Waals surface area (Å²) in [4.78, 5) is 14.7. The molecule has 0 atom stereocenters. The second kappa shape index (κ2) is 8.39. The van der Waals surface area contributed by atoms with Gasteiger partial charge in [-0.25, -0.2) is 0 Å². The highest BCUT2D eigenvalue weighted by Crippen LogP contribution is 2.29. The fraction of sp³-hybridized carbons (Fsp3) is 0.400. The number of nitrogens with one attached hydrogen (secondary N) is 2. The van der Waals surface area contributed by atoms with E-state index in [1.807, 2.05) is 11.0 Å². The molecule has 1 fully saturated rings. The first kappa shape index (κ1) is 20.9. The number of fused-ring (bicyclic) bond motifs is 1. The number of sulfonamides is 1. The zero-order chi connectivity index (χ0) is 22.0. The molecule has 4 N–H and O–H groups in total. The average Bonchev–Trinajstić information content (AvgIpc) is 3.27. The number of likely N-dealkylation sites (tertiary alicyclic amines) is 1. The van der Waals surface area contributed by atoms with Crippen molar-refractivity contribution in [1.82, 2.24) is 20.4 Å². The maximum Gasteiger partial charge on any atom is 0.285 e. The number of anilines is 1. The molecular formula is C20H23N7O3S. The van der Waals surface area contributed by atoms with Gasteiger partial charge in [0.2, 0.25) is 5.91 Å². The summed E-state index contributed by atoms with van der Waals surface area (Å²) in [5.74, 6) is 0.533. The molecule has 0 radical (unpaired) electrons. The van der Waals surface area contributed by atoms with E-state index in [0.29, 0.717) is 68.0 Å². The summed E-state index contributed by atoms with van der Waals surface area (Å²) < 4.78 is 28.5. The number of hydrogen-bond acceptors (Lipinski definition) is 7. The zero-order valence-electron chi connectivity index (χ0n) is 16.8. The first-order chi connectivity index (χ1) is 14.9. The maximum absolute atomic E-state index is 12.5. The second-order valence-corrected chi connectivity index (χ2v) is 9.19. The van der Waals surface area contributed by atoms with Crippen molar-refractivity contribution in [3.05, 3.63) is 41.1 Å². The molecule has 10 nitrogen and oxygen atoms in total. The third-order valence-corrected chi connectivity index (χ3v) is 6.99. The third kappa shape index (κ3) is 4.11. The number of H-pyrrole nitrogens is 1.